The molecule has 0 atom stereocenters. The molecule has 0 bridgehead atoms. The summed E-state index contributed by atoms with van der Waals surface area (Å²) in [5, 5.41) is 11.3. The molecule has 0 fully saturated rings. The van der Waals surface area contributed by atoms with E-state index in [9.17, 15) is 14.7 Å². The maximum atomic E-state index is 13.1. The van der Waals surface area contributed by atoms with Crippen molar-refractivity contribution in [2.24, 2.45) is 0 Å². The zero-order valence-electron chi connectivity index (χ0n) is 19.4. The van der Waals surface area contributed by atoms with Gasteiger partial charge in [-0.15, -0.1) is 0 Å². The van der Waals surface area contributed by atoms with E-state index in [-0.39, 0.29) is 29.1 Å². The normalized spacial score (nSPS) is 11.4. The minimum Gasteiger partial charge on any atom is -0.507 e. The van der Waals surface area contributed by atoms with Gasteiger partial charge in [-0.2, -0.15) is 0 Å². The molecule has 0 aliphatic rings. The topological polar surface area (TPSA) is 89.2 Å². The first-order chi connectivity index (χ1) is 15.9. The minimum absolute atomic E-state index is 0.00445. The lowest BCUT2D eigenvalue weighted by Gasteiger charge is -2.17. The molecule has 174 valence electrons. The van der Waals surface area contributed by atoms with Crippen LogP contribution in [0.5, 0.6) is 11.5 Å². The van der Waals surface area contributed by atoms with Crippen LogP contribution in [-0.4, -0.2) is 55.1 Å². The lowest BCUT2D eigenvalue weighted by molar-refractivity contribution is 0.0432. The Morgan fingerprint density at radius 2 is 1.79 bits per heavy atom. The van der Waals surface area contributed by atoms with Gasteiger partial charge in [0, 0.05) is 11.9 Å². The number of esters is 1. The number of hydrogen-bond acceptors (Lipinski definition) is 7. The summed E-state index contributed by atoms with van der Waals surface area (Å²) in [7, 11) is 1.58. The van der Waals surface area contributed by atoms with Crippen LogP contribution in [0, 0.1) is 6.92 Å². The summed E-state index contributed by atoms with van der Waals surface area (Å²) in [6.07, 6.45) is 2.99. The molecule has 0 radical (unpaired) electrons. The second kappa shape index (κ2) is 10.8. The highest BCUT2D eigenvalue weighted by Crippen LogP contribution is 2.35. The Bertz CT molecular complexity index is 1160. The number of hydrogen-bond donors (Lipinski definition) is 1. The Labute approximate surface area is 193 Å². The van der Waals surface area contributed by atoms with E-state index in [1.54, 1.807) is 38.3 Å². The molecule has 0 aliphatic carbocycles. The average molecular weight is 452 g/mol. The van der Waals surface area contributed by atoms with Crippen molar-refractivity contribution in [1.29, 1.82) is 0 Å². The van der Waals surface area contributed by atoms with Crippen molar-refractivity contribution >= 4 is 28.6 Å². The lowest BCUT2D eigenvalue weighted by atomic mass is 9.99. The third kappa shape index (κ3) is 5.43. The number of methoxy groups -OCH3 is 1. The highest BCUT2D eigenvalue weighted by atomic mass is 16.5. The molecule has 0 amide bonds. The largest absolute Gasteiger partial charge is 0.507 e. The van der Waals surface area contributed by atoms with Crippen molar-refractivity contribution in [1.82, 2.24) is 4.90 Å². The van der Waals surface area contributed by atoms with Gasteiger partial charge >= 0.3 is 5.97 Å². The van der Waals surface area contributed by atoms with Crippen molar-refractivity contribution in [3.05, 3.63) is 65.1 Å². The molecule has 2 aromatic carbocycles. The van der Waals surface area contributed by atoms with Crippen molar-refractivity contribution in [2.45, 2.75) is 20.8 Å². The smallest absolute Gasteiger partial charge is 0.374 e. The lowest BCUT2D eigenvalue weighted by Crippen LogP contribution is -2.27. The highest BCUT2D eigenvalue weighted by Gasteiger charge is 2.26. The standard InChI is InChI=1S/C26H29NO6/c1-5-27(6-2)15-16-32-26(30)25-23-20(17(3)33-25)12-14-22(29)24(23)21(28)13-9-18-7-10-19(31-4)11-8-18/h7-14,29H,5-6,15-16H2,1-4H3/b13-9+. The van der Waals surface area contributed by atoms with Gasteiger partial charge in [-0.1, -0.05) is 32.1 Å². The number of fused-ring (bicyclic) bond motifs is 1. The zero-order valence-corrected chi connectivity index (χ0v) is 19.4. The van der Waals surface area contributed by atoms with E-state index in [1.807, 2.05) is 26.0 Å². The fourth-order valence-electron chi connectivity index (χ4n) is 3.62. The third-order valence-electron chi connectivity index (χ3n) is 5.55. The van der Waals surface area contributed by atoms with Crippen molar-refractivity contribution in [3.8, 4) is 11.5 Å². The van der Waals surface area contributed by atoms with Gasteiger partial charge < -0.3 is 23.9 Å². The summed E-state index contributed by atoms with van der Waals surface area (Å²) in [4.78, 5) is 28.0. The molecule has 0 unspecified atom stereocenters. The van der Waals surface area contributed by atoms with Gasteiger partial charge in [-0.05, 0) is 55.9 Å². The Morgan fingerprint density at radius 1 is 1.09 bits per heavy atom. The first-order valence-electron chi connectivity index (χ1n) is 10.9. The number of aryl methyl sites for hydroxylation is 1. The van der Waals surface area contributed by atoms with Gasteiger partial charge in [0.1, 0.15) is 23.9 Å². The van der Waals surface area contributed by atoms with Gasteiger partial charge in [0.2, 0.25) is 5.76 Å². The van der Waals surface area contributed by atoms with Crippen LogP contribution in [0.25, 0.3) is 16.8 Å². The maximum Gasteiger partial charge on any atom is 0.374 e. The number of benzene rings is 2. The first kappa shape index (κ1) is 24.1. The zero-order chi connectivity index (χ0) is 24.0. The van der Waals surface area contributed by atoms with Crippen LogP contribution in [0.4, 0.5) is 0 Å². The van der Waals surface area contributed by atoms with Gasteiger partial charge in [0.25, 0.3) is 0 Å². The van der Waals surface area contributed by atoms with E-state index >= 15 is 0 Å². The SMILES string of the molecule is CCN(CC)CCOC(=O)c1oc(C)c2ccc(O)c(C(=O)/C=C/c3ccc(OC)cc3)c12. The summed E-state index contributed by atoms with van der Waals surface area (Å²) in [6, 6.07) is 10.2. The summed E-state index contributed by atoms with van der Waals surface area (Å²) in [5.74, 6) is -0.261. The number of ketones is 1. The van der Waals surface area contributed by atoms with Gasteiger partial charge in [-0.25, -0.2) is 4.79 Å². The molecule has 0 saturated heterocycles. The van der Waals surface area contributed by atoms with Crippen LogP contribution in [0.15, 0.2) is 46.9 Å². The second-order valence-electron chi connectivity index (χ2n) is 7.50. The van der Waals surface area contributed by atoms with Gasteiger partial charge in [-0.3, -0.25) is 4.79 Å². The molecule has 7 heteroatoms. The molecule has 33 heavy (non-hydrogen) atoms. The summed E-state index contributed by atoms with van der Waals surface area (Å²) < 4.78 is 16.2. The number of furan rings is 1. The third-order valence-corrected chi connectivity index (χ3v) is 5.55. The monoisotopic (exact) mass is 451 g/mol. The molecule has 0 saturated carbocycles. The van der Waals surface area contributed by atoms with Crippen molar-refractivity contribution in [2.75, 3.05) is 33.4 Å². The van der Waals surface area contributed by atoms with Crippen molar-refractivity contribution in [3.63, 3.8) is 0 Å². The summed E-state index contributed by atoms with van der Waals surface area (Å²) in [5.41, 5.74) is 0.792. The predicted octanol–water partition coefficient (Wildman–Crippen LogP) is 4.85. The number of allylic oxidation sites excluding steroid dienone is 1. The van der Waals surface area contributed by atoms with Crippen LogP contribution in [-0.2, 0) is 4.74 Å². The van der Waals surface area contributed by atoms with Crippen LogP contribution in [0.3, 0.4) is 0 Å². The fourth-order valence-corrected chi connectivity index (χ4v) is 3.62. The maximum absolute atomic E-state index is 13.1. The highest BCUT2D eigenvalue weighted by molar-refractivity contribution is 6.20. The Morgan fingerprint density at radius 3 is 2.42 bits per heavy atom. The van der Waals surface area contributed by atoms with Crippen LogP contribution < -0.4 is 4.74 Å². The van der Waals surface area contributed by atoms with Gasteiger partial charge in [0.05, 0.1) is 18.1 Å². The Hall–Kier alpha value is -3.58. The number of rotatable bonds is 10. The molecule has 3 rings (SSSR count). The molecule has 3 aromatic rings. The number of nitrogens with zero attached hydrogens (tertiary/aromatic N) is 1. The Kier molecular flexibility index (Phi) is 7.90. The molecular formula is C26H29NO6. The molecule has 1 heterocycles. The van der Waals surface area contributed by atoms with E-state index in [0.717, 1.165) is 18.7 Å². The molecule has 0 spiro atoms. The van der Waals surface area contributed by atoms with E-state index in [4.69, 9.17) is 13.9 Å². The number of ether oxygens (including phenoxy) is 2. The first-order valence-corrected chi connectivity index (χ1v) is 10.9. The number of aromatic hydroxyl groups is 1. The van der Waals surface area contributed by atoms with Crippen LogP contribution in [0.2, 0.25) is 0 Å². The van der Waals surface area contributed by atoms with Gasteiger partial charge in [0.15, 0.2) is 5.78 Å². The van der Waals surface area contributed by atoms with E-state index in [2.05, 4.69) is 4.90 Å². The van der Waals surface area contributed by atoms with Crippen LogP contribution in [0.1, 0.15) is 46.1 Å². The van der Waals surface area contributed by atoms with Crippen molar-refractivity contribution < 1.29 is 28.6 Å². The molecule has 7 nitrogen and oxygen atoms in total. The number of carbonyl (C=O) groups is 2. The summed E-state index contributed by atoms with van der Waals surface area (Å²) in [6.45, 7) is 8.27. The van der Waals surface area contributed by atoms with E-state index < -0.39 is 11.8 Å². The quantitative estimate of drug-likeness (QED) is 0.268. The summed E-state index contributed by atoms with van der Waals surface area (Å²) >= 11 is 0. The molecule has 1 aromatic heterocycles. The number of carbonyl (C=O) groups excluding carboxylic acids is 2. The van der Waals surface area contributed by atoms with E-state index in [0.29, 0.717) is 23.4 Å². The molecule has 0 aliphatic heterocycles. The average Bonchev–Trinajstić information content (AvgIpc) is 3.16. The molecule has 1 N–H and O–H groups in total. The predicted molar refractivity (Wildman–Crippen MR) is 127 cm³/mol. The number of phenols is 1. The van der Waals surface area contributed by atoms with E-state index in [1.165, 1.54) is 12.1 Å². The number of phenolic OH excluding ortho intramolecular Hbond substituents is 1. The molecular weight excluding hydrogens is 422 g/mol. The number of likely N-dealkylation sites (N-methyl/N-ethyl adjacent to an activating group) is 1. The minimum atomic E-state index is -0.668. The fraction of sp³-hybridized carbons (Fsp3) is 0.308. The van der Waals surface area contributed by atoms with Crippen LogP contribution >= 0.6 is 0 Å². The Balaban J connectivity index is 1.91. The second-order valence-corrected chi connectivity index (χ2v) is 7.50.